The fourth-order valence-electron chi connectivity index (χ4n) is 15.6. The number of hydrogen-bond acceptors (Lipinski definition) is 0. The minimum absolute atomic E-state index is 0.0497. The van der Waals surface area contributed by atoms with Crippen LogP contribution >= 0.6 is 0 Å². The summed E-state index contributed by atoms with van der Waals surface area (Å²) in [6.45, 7) is 0. The predicted molar refractivity (Wildman–Crippen MR) is 260 cm³/mol. The summed E-state index contributed by atoms with van der Waals surface area (Å²) in [5.74, 6) is 34.6. The minimum atomic E-state index is -0.345. The first-order chi connectivity index (χ1) is 31.6. The van der Waals surface area contributed by atoms with E-state index in [-0.39, 0.29) is 16.2 Å². The topological polar surface area (TPSA) is 0 Å². The smallest absolute Gasteiger partial charge is 0.0447 e. The molecule has 0 saturated heterocycles. The molecule has 14 rings (SSSR count). The molecule has 0 N–H and O–H groups in total. The van der Waals surface area contributed by atoms with E-state index in [1.165, 1.54) is 81.8 Å². The Bertz CT molecular complexity index is 2770. The lowest BCUT2D eigenvalue weighted by molar-refractivity contribution is -0.234. The average molecular weight is 823 g/mol. The molecule has 6 aromatic carbocycles. The SMILES string of the molecule is C(#Cc1cccc(C2(c3cccc(C#Cc4ccccc4)c3C#Cc3ccccc3)C3CC4CC(C3)CC2(C23CC5CC(CC(C5)C2)C3)C4)c1C#Cc1ccccc1)c1ccccc1. The molecule has 8 saturated carbocycles. The Morgan fingerprint density at radius 1 is 0.312 bits per heavy atom. The zero-order valence-corrected chi connectivity index (χ0v) is 36.8. The van der Waals surface area contributed by atoms with Crippen molar-refractivity contribution in [2.24, 2.45) is 46.3 Å². The molecule has 0 amide bonds. The van der Waals surface area contributed by atoms with Crippen molar-refractivity contribution in [3.05, 3.63) is 213 Å². The minimum Gasteiger partial charge on any atom is -0.0622 e. The van der Waals surface area contributed by atoms with Crippen LogP contribution < -0.4 is 0 Å². The molecule has 0 aliphatic heterocycles. The summed E-state index contributed by atoms with van der Waals surface area (Å²) in [6.07, 6.45) is 14.9. The van der Waals surface area contributed by atoms with Crippen molar-refractivity contribution in [3.8, 4) is 47.4 Å². The van der Waals surface area contributed by atoms with Gasteiger partial charge in [-0.3, -0.25) is 0 Å². The third-order valence-corrected chi connectivity index (χ3v) is 17.0. The quantitative estimate of drug-likeness (QED) is 0.156. The van der Waals surface area contributed by atoms with Crippen LogP contribution in [0.4, 0.5) is 0 Å². The maximum absolute atomic E-state index is 3.95. The second-order valence-corrected chi connectivity index (χ2v) is 20.6. The Hall–Kier alpha value is -6.44. The lowest BCUT2D eigenvalue weighted by Gasteiger charge is -2.77. The van der Waals surface area contributed by atoms with Gasteiger partial charge >= 0.3 is 0 Å². The van der Waals surface area contributed by atoms with E-state index in [9.17, 15) is 0 Å². The maximum atomic E-state index is 3.95. The van der Waals surface area contributed by atoms with Gasteiger partial charge in [0.1, 0.15) is 0 Å². The molecule has 8 aliphatic rings. The second kappa shape index (κ2) is 16.0. The molecule has 0 aromatic heterocycles. The summed E-state index contributed by atoms with van der Waals surface area (Å²) in [4.78, 5) is 0. The summed E-state index contributed by atoms with van der Waals surface area (Å²) in [7, 11) is 0. The van der Waals surface area contributed by atoms with Gasteiger partial charge in [0, 0.05) is 49.9 Å². The van der Waals surface area contributed by atoms with Gasteiger partial charge in [-0.2, -0.15) is 0 Å². The molecule has 0 radical (unpaired) electrons. The fourth-order valence-corrected chi connectivity index (χ4v) is 15.6. The Morgan fingerprint density at radius 3 is 1.03 bits per heavy atom. The van der Waals surface area contributed by atoms with E-state index in [1.54, 1.807) is 0 Å². The van der Waals surface area contributed by atoms with Crippen molar-refractivity contribution < 1.29 is 0 Å². The first-order valence-corrected chi connectivity index (χ1v) is 24.1. The highest BCUT2D eigenvalue weighted by Crippen LogP contribution is 2.81. The molecule has 8 aliphatic carbocycles. The predicted octanol–water partition coefficient (Wildman–Crippen LogP) is 13.6. The fraction of sp³-hybridized carbons (Fsp3) is 0.312. The summed E-state index contributed by atoms with van der Waals surface area (Å²) >= 11 is 0. The molecule has 8 fully saturated rings. The van der Waals surface area contributed by atoms with E-state index >= 15 is 0 Å². The van der Waals surface area contributed by atoms with E-state index in [1.807, 2.05) is 0 Å². The number of hydrogen-bond donors (Lipinski definition) is 0. The van der Waals surface area contributed by atoms with E-state index < -0.39 is 0 Å². The lowest BCUT2D eigenvalue weighted by atomic mass is 9.26. The van der Waals surface area contributed by atoms with Crippen molar-refractivity contribution in [2.45, 2.75) is 76.0 Å². The molecule has 0 nitrogen and oxygen atoms in total. The highest BCUT2D eigenvalue weighted by molar-refractivity contribution is 5.68. The molecule has 2 unspecified atom stereocenters. The average Bonchev–Trinajstić information content (AvgIpc) is 3.32. The third kappa shape index (κ3) is 6.58. The first-order valence-electron chi connectivity index (χ1n) is 24.1. The van der Waals surface area contributed by atoms with Gasteiger partial charge < -0.3 is 0 Å². The van der Waals surface area contributed by atoms with E-state index in [2.05, 4.69) is 205 Å². The van der Waals surface area contributed by atoms with E-state index in [0.29, 0.717) is 5.92 Å². The van der Waals surface area contributed by atoms with Crippen LogP contribution in [-0.4, -0.2) is 0 Å². The molecular weight excluding hydrogens is 769 g/mol. The molecule has 8 bridgehead atoms. The first kappa shape index (κ1) is 39.2. The maximum Gasteiger partial charge on any atom is 0.0447 e. The molecular formula is C64H54. The monoisotopic (exact) mass is 822 g/mol. The van der Waals surface area contributed by atoms with Crippen molar-refractivity contribution >= 4 is 0 Å². The van der Waals surface area contributed by atoms with Gasteiger partial charge in [-0.1, -0.05) is 144 Å². The van der Waals surface area contributed by atoms with Gasteiger partial charge in [0.05, 0.1) is 0 Å². The van der Waals surface area contributed by atoms with Gasteiger partial charge in [0.2, 0.25) is 0 Å². The van der Waals surface area contributed by atoms with Crippen LogP contribution in [0.25, 0.3) is 0 Å². The number of rotatable bonds is 3. The Morgan fingerprint density at radius 2 is 0.656 bits per heavy atom. The molecule has 64 heavy (non-hydrogen) atoms. The largest absolute Gasteiger partial charge is 0.0622 e. The summed E-state index contributed by atoms with van der Waals surface area (Å²) in [5.41, 5.74) is 11.1. The lowest BCUT2D eigenvalue weighted by Crippen LogP contribution is -2.71. The normalized spacial score (nSPS) is 28.3. The molecule has 0 heteroatoms. The molecule has 0 heterocycles. The molecule has 2 atom stereocenters. The molecule has 0 spiro atoms. The van der Waals surface area contributed by atoms with Crippen molar-refractivity contribution in [1.82, 2.24) is 0 Å². The van der Waals surface area contributed by atoms with Crippen molar-refractivity contribution in [3.63, 3.8) is 0 Å². The summed E-state index contributed by atoms with van der Waals surface area (Å²) in [5, 5.41) is 0. The van der Waals surface area contributed by atoms with Crippen LogP contribution in [0.5, 0.6) is 0 Å². The summed E-state index contributed by atoms with van der Waals surface area (Å²) in [6, 6.07) is 56.3. The molecule has 310 valence electrons. The highest BCUT2D eigenvalue weighted by Gasteiger charge is 2.75. The Kier molecular flexibility index (Phi) is 9.78. The third-order valence-electron chi connectivity index (χ3n) is 17.0. The molecule has 6 aromatic rings. The van der Waals surface area contributed by atoms with Crippen LogP contribution in [0, 0.1) is 93.7 Å². The van der Waals surface area contributed by atoms with Gasteiger partial charge in [-0.15, -0.1) is 0 Å². The second-order valence-electron chi connectivity index (χ2n) is 20.6. The van der Waals surface area contributed by atoms with Crippen LogP contribution in [0.15, 0.2) is 158 Å². The Labute approximate surface area is 381 Å². The van der Waals surface area contributed by atoms with Gasteiger partial charge in [0.25, 0.3) is 0 Å². The van der Waals surface area contributed by atoms with Crippen molar-refractivity contribution in [2.75, 3.05) is 0 Å². The van der Waals surface area contributed by atoms with E-state index in [4.69, 9.17) is 0 Å². The van der Waals surface area contributed by atoms with Crippen LogP contribution in [0.2, 0.25) is 0 Å². The van der Waals surface area contributed by atoms with Crippen LogP contribution in [-0.2, 0) is 5.41 Å². The number of benzene rings is 6. The van der Waals surface area contributed by atoms with Gasteiger partial charge in [-0.05, 0) is 189 Å². The van der Waals surface area contributed by atoms with Crippen molar-refractivity contribution in [1.29, 1.82) is 0 Å². The zero-order valence-electron chi connectivity index (χ0n) is 36.8. The van der Waals surface area contributed by atoms with Gasteiger partial charge in [-0.25, -0.2) is 0 Å². The van der Waals surface area contributed by atoms with Gasteiger partial charge in [0.15, 0.2) is 0 Å². The zero-order chi connectivity index (χ0) is 42.6. The van der Waals surface area contributed by atoms with Crippen LogP contribution in [0.1, 0.15) is 126 Å². The van der Waals surface area contributed by atoms with E-state index in [0.717, 1.165) is 74.1 Å². The summed E-state index contributed by atoms with van der Waals surface area (Å²) < 4.78 is 0. The standard InChI is InChI=1S/C64H54/c1-5-15-46(16-6-1)27-31-55-23-13-25-60(58(55)33-29-48-19-9-3-10-20-48)64(57-39-53-38-54(40-57)45-63(64,44-53)62-41-50-35-51(42-62)37-52(36-50)43-62)61-26-14-24-56(32-28-47-17-7-2-8-18-47)59(61)34-30-49-21-11-4-12-22-49/h1-26,50-54,57H,35-45H2. The Balaban J connectivity index is 1.20. The van der Waals surface area contributed by atoms with Crippen LogP contribution in [0.3, 0.4) is 0 Å². The highest BCUT2D eigenvalue weighted by atomic mass is 14.8.